The predicted molar refractivity (Wildman–Crippen MR) is 94.1 cm³/mol. The van der Waals surface area contributed by atoms with E-state index in [1.54, 1.807) is 25.2 Å². The molecule has 0 unspecified atom stereocenters. The molecule has 0 saturated carbocycles. The van der Waals surface area contributed by atoms with Crippen molar-refractivity contribution in [2.75, 3.05) is 12.9 Å². The molecule has 23 heavy (non-hydrogen) atoms. The second-order valence-electron chi connectivity index (χ2n) is 4.81. The Kier molecular flexibility index (Phi) is 5.11. The lowest BCUT2D eigenvalue weighted by atomic mass is 10.2. The lowest BCUT2D eigenvalue weighted by molar-refractivity contribution is 0.414. The molecular formula is C18H17N3OS. The van der Waals surface area contributed by atoms with Gasteiger partial charge in [-0.3, -0.25) is 4.57 Å². The van der Waals surface area contributed by atoms with Crippen molar-refractivity contribution in [2.45, 2.75) is 5.16 Å². The number of hydrogen-bond acceptors (Lipinski definition) is 4. The molecule has 0 saturated heterocycles. The van der Waals surface area contributed by atoms with Gasteiger partial charge in [0, 0.05) is 11.8 Å². The van der Waals surface area contributed by atoms with E-state index in [4.69, 9.17) is 4.74 Å². The van der Waals surface area contributed by atoms with Crippen LogP contribution in [0.4, 0.5) is 0 Å². The molecule has 116 valence electrons. The second-order valence-corrected chi connectivity index (χ2v) is 5.80. The summed E-state index contributed by atoms with van der Waals surface area (Å²) in [5, 5.41) is 9.07. The molecular weight excluding hydrogens is 306 g/mol. The molecule has 0 aliphatic rings. The van der Waals surface area contributed by atoms with E-state index in [1.807, 2.05) is 47.0 Å². The van der Waals surface area contributed by atoms with Gasteiger partial charge in [0.2, 0.25) is 0 Å². The van der Waals surface area contributed by atoms with E-state index in [-0.39, 0.29) is 0 Å². The van der Waals surface area contributed by atoms with Crippen LogP contribution in [-0.4, -0.2) is 27.6 Å². The molecule has 5 heteroatoms. The number of aromatic nitrogens is 3. The van der Waals surface area contributed by atoms with Crippen molar-refractivity contribution in [3.8, 4) is 11.4 Å². The SMILES string of the molecule is COc1cccc(-n2cnnc2SC/C=C/c2ccccc2)c1. The van der Waals surface area contributed by atoms with Crippen LogP contribution in [0.5, 0.6) is 5.75 Å². The van der Waals surface area contributed by atoms with E-state index in [2.05, 4.69) is 34.5 Å². The predicted octanol–water partition coefficient (Wildman–Crippen LogP) is 4.08. The molecule has 0 amide bonds. The van der Waals surface area contributed by atoms with Crippen LogP contribution in [-0.2, 0) is 0 Å². The third kappa shape index (κ3) is 4.02. The molecule has 0 radical (unpaired) electrons. The van der Waals surface area contributed by atoms with E-state index in [0.717, 1.165) is 22.3 Å². The summed E-state index contributed by atoms with van der Waals surface area (Å²) in [5.74, 6) is 1.65. The molecule has 0 bridgehead atoms. The maximum Gasteiger partial charge on any atom is 0.195 e. The highest BCUT2D eigenvalue weighted by Gasteiger charge is 2.07. The van der Waals surface area contributed by atoms with Gasteiger partial charge in [-0.05, 0) is 17.7 Å². The van der Waals surface area contributed by atoms with Gasteiger partial charge in [-0.25, -0.2) is 0 Å². The van der Waals surface area contributed by atoms with Gasteiger partial charge in [0.25, 0.3) is 0 Å². The molecule has 0 aliphatic carbocycles. The molecule has 4 nitrogen and oxygen atoms in total. The summed E-state index contributed by atoms with van der Waals surface area (Å²) in [5.41, 5.74) is 2.19. The van der Waals surface area contributed by atoms with E-state index in [9.17, 15) is 0 Å². The first-order valence-electron chi connectivity index (χ1n) is 7.25. The smallest absolute Gasteiger partial charge is 0.195 e. The highest BCUT2D eigenvalue weighted by molar-refractivity contribution is 7.99. The summed E-state index contributed by atoms with van der Waals surface area (Å²) in [4.78, 5) is 0. The number of hydrogen-bond donors (Lipinski definition) is 0. The number of methoxy groups -OCH3 is 1. The average molecular weight is 323 g/mol. The lowest BCUT2D eigenvalue weighted by Crippen LogP contribution is -1.96. The average Bonchev–Trinajstić information content (AvgIpc) is 3.08. The van der Waals surface area contributed by atoms with Crippen LogP contribution >= 0.6 is 11.8 Å². The normalized spacial score (nSPS) is 11.0. The van der Waals surface area contributed by atoms with Gasteiger partial charge in [-0.15, -0.1) is 10.2 Å². The topological polar surface area (TPSA) is 39.9 Å². The van der Waals surface area contributed by atoms with Gasteiger partial charge in [0.15, 0.2) is 5.16 Å². The molecule has 0 N–H and O–H groups in total. The Morgan fingerprint density at radius 2 is 2.00 bits per heavy atom. The van der Waals surface area contributed by atoms with Crippen molar-refractivity contribution in [3.63, 3.8) is 0 Å². The molecule has 0 fully saturated rings. The quantitative estimate of drug-likeness (QED) is 0.641. The van der Waals surface area contributed by atoms with Crippen LogP contribution in [0.25, 0.3) is 11.8 Å². The summed E-state index contributed by atoms with van der Waals surface area (Å²) in [6, 6.07) is 18.1. The number of rotatable bonds is 6. The fourth-order valence-electron chi connectivity index (χ4n) is 2.13. The highest BCUT2D eigenvalue weighted by atomic mass is 32.2. The van der Waals surface area contributed by atoms with Crippen molar-refractivity contribution >= 4 is 17.8 Å². The van der Waals surface area contributed by atoms with Gasteiger partial charge in [0.05, 0.1) is 12.8 Å². The Bertz CT molecular complexity index is 784. The van der Waals surface area contributed by atoms with E-state index in [1.165, 1.54) is 5.56 Å². The standard InChI is InChI=1S/C18H17N3OS/c1-22-17-11-5-10-16(13-17)21-14-19-20-18(21)23-12-6-9-15-7-3-2-4-8-15/h2-11,13-14H,12H2,1H3/b9-6+. The monoisotopic (exact) mass is 323 g/mol. The summed E-state index contributed by atoms with van der Waals surface area (Å²) in [6.45, 7) is 0. The number of benzene rings is 2. The third-order valence-electron chi connectivity index (χ3n) is 3.27. The minimum absolute atomic E-state index is 0.816. The Hall–Kier alpha value is -2.53. The minimum Gasteiger partial charge on any atom is -0.497 e. The van der Waals surface area contributed by atoms with Crippen molar-refractivity contribution in [2.24, 2.45) is 0 Å². The Balaban J connectivity index is 1.68. The van der Waals surface area contributed by atoms with Crippen LogP contribution in [0.3, 0.4) is 0 Å². The van der Waals surface area contributed by atoms with Crippen molar-refractivity contribution in [3.05, 3.63) is 72.6 Å². The fraction of sp³-hybridized carbons (Fsp3) is 0.111. The summed E-state index contributed by atoms with van der Waals surface area (Å²) >= 11 is 1.64. The number of thioether (sulfide) groups is 1. The van der Waals surface area contributed by atoms with E-state index < -0.39 is 0 Å². The highest BCUT2D eigenvalue weighted by Crippen LogP contribution is 2.22. The third-order valence-corrected chi connectivity index (χ3v) is 4.16. The Labute approximate surface area is 139 Å². The zero-order chi connectivity index (χ0) is 15.9. The Morgan fingerprint density at radius 3 is 2.83 bits per heavy atom. The second kappa shape index (κ2) is 7.65. The van der Waals surface area contributed by atoms with Crippen molar-refractivity contribution < 1.29 is 4.74 Å². The first-order valence-corrected chi connectivity index (χ1v) is 8.24. The molecule has 1 aromatic heterocycles. The molecule has 2 aromatic carbocycles. The summed E-state index contributed by atoms with van der Waals surface area (Å²) < 4.78 is 7.23. The van der Waals surface area contributed by atoms with Gasteiger partial charge in [-0.2, -0.15) is 0 Å². The first-order chi connectivity index (χ1) is 11.4. The minimum atomic E-state index is 0.816. The largest absolute Gasteiger partial charge is 0.497 e. The van der Waals surface area contributed by atoms with Crippen LogP contribution in [0.1, 0.15) is 5.56 Å². The van der Waals surface area contributed by atoms with Gasteiger partial charge in [-0.1, -0.05) is 60.3 Å². The number of ether oxygens (including phenoxy) is 1. The van der Waals surface area contributed by atoms with Crippen molar-refractivity contribution in [1.29, 1.82) is 0 Å². The Morgan fingerprint density at radius 1 is 1.13 bits per heavy atom. The molecule has 3 aromatic rings. The van der Waals surface area contributed by atoms with Crippen LogP contribution < -0.4 is 4.74 Å². The molecule has 1 heterocycles. The number of nitrogens with zero attached hydrogens (tertiary/aromatic N) is 3. The molecule has 0 aliphatic heterocycles. The lowest BCUT2D eigenvalue weighted by Gasteiger charge is -2.07. The van der Waals surface area contributed by atoms with Gasteiger partial charge >= 0.3 is 0 Å². The van der Waals surface area contributed by atoms with E-state index >= 15 is 0 Å². The van der Waals surface area contributed by atoms with Crippen molar-refractivity contribution in [1.82, 2.24) is 14.8 Å². The maximum atomic E-state index is 5.27. The summed E-state index contributed by atoms with van der Waals surface area (Å²) in [6.07, 6.45) is 5.96. The van der Waals surface area contributed by atoms with E-state index in [0.29, 0.717) is 0 Å². The fourth-order valence-corrected chi connectivity index (χ4v) is 2.87. The van der Waals surface area contributed by atoms with Crippen LogP contribution in [0.2, 0.25) is 0 Å². The molecule has 0 spiro atoms. The first kappa shape index (κ1) is 15.4. The van der Waals surface area contributed by atoms with Crippen LogP contribution in [0, 0.1) is 0 Å². The summed E-state index contributed by atoms with van der Waals surface area (Å²) in [7, 11) is 1.66. The van der Waals surface area contributed by atoms with Crippen LogP contribution in [0.15, 0.2) is 72.2 Å². The molecule has 0 atom stereocenters. The van der Waals surface area contributed by atoms with Gasteiger partial charge < -0.3 is 4.74 Å². The molecule has 3 rings (SSSR count). The van der Waals surface area contributed by atoms with Gasteiger partial charge in [0.1, 0.15) is 12.1 Å². The zero-order valence-corrected chi connectivity index (χ0v) is 13.6. The maximum absolute atomic E-state index is 5.27. The zero-order valence-electron chi connectivity index (χ0n) is 12.8.